The number of nitrogens with zero attached hydrogens (tertiary/aromatic N) is 3. The van der Waals surface area contributed by atoms with Crippen molar-refractivity contribution in [3.63, 3.8) is 0 Å². The van der Waals surface area contributed by atoms with Crippen molar-refractivity contribution >= 4 is 28.7 Å². The average molecular weight is 441 g/mol. The van der Waals surface area contributed by atoms with E-state index in [0.29, 0.717) is 5.11 Å². The number of anilines is 2. The van der Waals surface area contributed by atoms with Crippen LogP contribution in [0.3, 0.4) is 0 Å². The van der Waals surface area contributed by atoms with E-state index in [2.05, 4.69) is 44.4 Å². The highest BCUT2D eigenvalue weighted by molar-refractivity contribution is 7.80. The van der Waals surface area contributed by atoms with E-state index in [1.165, 1.54) is 0 Å². The van der Waals surface area contributed by atoms with Crippen molar-refractivity contribution in [2.45, 2.75) is 12.1 Å². The van der Waals surface area contributed by atoms with Crippen molar-refractivity contribution in [3.8, 4) is 11.3 Å². The maximum Gasteiger partial charge on any atom is 0.174 e. The molecule has 1 fully saturated rings. The molecule has 1 saturated heterocycles. The Morgan fingerprint density at radius 3 is 2.34 bits per heavy atom. The van der Waals surface area contributed by atoms with E-state index in [1.54, 1.807) is 0 Å². The van der Waals surface area contributed by atoms with E-state index < -0.39 is 0 Å². The van der Waals surface area contributed by atoms with Gasteiger partial charge in [-0.15, -0.1) is 0 Å². The molecule has 3 heterocycles. The van der Waals surface area contributed by atoms with Gasteiger partial charge in [-0.25, -0.2) is 0 Å². The predicted octanol–water partition coefficient (Wildman–Crippen LogP) is 5.58. The second-order valence-electron chi connectivity index (χ2n) is 7.98. The zero-order chi connectivity index (χ0) is 22.1. The molecule has 2 atom stereocenters. The summed E-state index contributed by atoms with van der Waals surface area (Å²) < 4.78 is 6.39. The van der Waals surface area contributed by atoms with Gasteiger partial charge in [-0.05, 0) is 60.7 Å². The Morgan fingerprint density at radius 2 is 1.66 bits per heavy atom. The molecule has 1 N–H and O–H groups in total. The summed E-state index contributed by atoms with van der Waals surface area (Å²) >= 11 is 5.80. The molecule has 0 unspecified atom stereocenters. The first-order valence-corrected chi connectivity index (χ1v) is 11.0. The normalized spacial score (nSPS) is 17.9. The lowest BCUT2D eigenvalue weighted by Gasteiger charge is -2.26. The van der Waals surface area contributed by atoms with Gasteiger partial charge in [0.15, 0.2) is 5.11 Å². The molecular weight excluding hydrogens is 416 g/mol. The lowest BCUT2D eigenvalue weighted by Crippen LogP contribution is -2.29. The average Bonchev–Trinajstić information content (AvgIpc) is 3.45. The number of thiocarbonyl (C=S) groups is 1. The number of furan rings is 1. The molecule has 2 aromatic heterocycles. The van der Waals surface area contributed by atoms with E-state index in [0.717, 1.165) is 34.2 Å². The third kappa shape index (κ3) is 3.74. The first kappa shape index (κ1) is 20.3. The van der Waals surface area contributed by atoms with Gasteiger partial charge in [0.2, 0.25) is 0 Å². The first-order valence-electron chi connectivity index (χ1n) is 10.5. The second-order valence-corrected chi connectivity index (χ2v) is 8.36. The van der Waals surface area contributed by atoms with Crippen molar-refractivity contribution in [1.82, 2.24) is 10.3 Å². The maximum atomic E-state index is 6.39. The van der Waals surface area contributed by atoms with E-state index >= 15 is 0 Å². The molecule has 1 aliphatic heterocycles. The van der Waals surface area contributed by atoms with Crippen molar-refractivity contribution in [2.75, 3.05) is 23.9 Å². The van der Waals surface area contributed by atoms with Crippen LogP contribution in [0.4, 0.5) is 11.4 Å². The summed E-state index contributed by atoms with van der Waals surface area (Å²) in [4.78, 5) is 8.81. The van der Waals surface area contributed by atoms with Gasteiger partial charge in [-0.3, -0.25) is 4.98 Å². The minimum atomic E-state index is -0.167. The summed E-state index contributed by atoms with van der Waals surface area (Å²) in [6.45, 7) is 0. The standard InChI is InChI=1S/C26H24N4OS/c1-29(2)19-11-13-20(14-12-19)30-25(24(28-26(30)32)21-10-6-7-17-27-21)23-16-15-22(31-23)18-8-4-3-5-9-18/h3-17,24-25H,1-2H3,(H,28,32)/t24-,25-/m1/s1. The smallest absolute Gasteiger partial charge is 0.174 e. The Bertz CT molecular complexity index is 1210. The maximum absolute atomic E-state index is 6.39. The molecule has 0 radical (unpaired) electrons. The monoisotopic (exact) mass is 440 g/mol. The minimum Gasteiger partial charge on any atom is -0.459 e. The van der Waals surface area contributed by atoms with Gasteiger partial charge in [0.25, 0.3) is 0 Å². The number of rotatable bonds is 5. The Kier molecular flexibility index (Phi) is 5.37. The van der Waals surface area contributed by atoms with Crippen molar-refractivity contribution in [3.05, 3.63) is 103 Å². The number of nitrogens with one attached hydrogen (secondary N) is 1. The number of aromatic nitrogens is 1. The molecule has 32 heavy (non-hydrogen) atoms. The fraction of sp³-hybridized carbons (Fsp3) is 0.154. The van der Waals surface area contributed by atoms with Gasteiger partial charge >= 0.3 is 0 Å². The highest BCUT2D eigenvalue weighted by atomic mass is 32.1. The Morgan fingerprint density at radius 1 is 0.906 bits per heavy atom. The summed E-state index contributed by atoms with van der Waals surface area (Å²) in [5, 5.41) is 4.13. The number of pyridine rings is 1. The molecule has 0 amide bonds. The molecule has 5 nitrogen and oxygen atoms in total. The number of benzene rings is 2. The van der Waals surface area contributed by atoms with Crippen LogP contribution in [-0.4, -0.2) is 24.2 Å². The third-order valence-electron chi connectivity index (χ3n) is 5.72. The van der Waals surface area contributed by atoms with Gasteiger partial charge in [-0.1, -0.05) is 36.4 Å². The fourth-order valence-electron chi connectivity index (χ4n) is 4.10. The third-order valence-corrected chi connectivity index (χ3v) is 6.03. The Labute approximate surface area is 193 Å². The van der Waals surface area contributed by atoms with Crippen LogP contribution in [0.15, 0.2) is 95.5 Å². The molecule has 0 bridgehead atoms. The van der Waals surface area contributed by atoms with Crippen LogP contribution >= 0.6 is 12.2 Å². The van der Waals surface area contributed by atoms with E-state index in [1.807, 2.05) is 81.0 Å². The first-order chi connectivity index (χ1) is 15.6. The SMILES string of the molecule is CN(C)c1ccc(N2C(=S)N[C@H](c3ccccn3)[C@H]2c2ccc(-c3ccccc3)o2)cc1. The van der Waals surface area contributed by atoms with Crippen LogP contribution in [0.1, 0.15) is 23.5 Å². The summed E-state index contributed by atoms with van der Waals surface area (Å²) in [5.74, 6) is 1.67. The zero-order valence-corrected chi connectivity index (χ0v) is 18.8. The quantitative estimate of drug-likeness (QED) is 0.409. The Hall–Kier alpha value is -3.64. The van der Waals surface area contributed by atoms with Crippen LogP contribution in [0, 0.1) is 0 Å². The van der Waals surface area contributed by atoms with Crippen LogP contribution in [0.25, 0.3) is 11.3 Å². The molecule has 4 aromatic rings. The van der Waals surface area contributed by atoms with E-state index in [9.17, 15) is 0 Å². The van der Waals surface area contributed by atoms with Gasteiger partial charge in [0, 0.05) is 37.2 Å². The highest BCUT2D eigenvalue weighted by Crippen LogP contribution is 2.43. The van der Waals surface area contributed by atoms with Crippen molar-refractivity contribution in [2.24, 2.45) is 0 Å². The lowest BCUT2D eigenvalue weighted by atomic mass is 10.0. The number of hydrogen-bond donors (Lipinski definition) is 1. The molecule has 0 saturated carbocycles. The lowest BCUT2D eigenvalue weighted by molar-refractivity contribution is 0.439. The van der Waals surface area contributed by atoms with Crippen LogP contribution in [0.2, 0.25) is 0 Å². The van der Waals surface area contributed by atoms with Gasteiger partial charge in [-0.2, -0.15) is 0 Å². The molecule has 160 valence electrons. The summed E-state index contributed by atoms with van der Waals surface area (Å²) in [5.41, 5.74) is 4.11. The van der Waals surface area contributed by atoms with E-state index in [4.69, 9.17) is 16.6 Å². The Balaban J connectivity index is 1.58. The van der Waals surface area contributed by atoms with E-state index in [-0.39, 0.29) is 12.1 Å². The molecule has 2 aromatic carbocycles. The summed E-state index contributed by atoms with van der Waals surface area (Å²) in [7, 11) is 4.07. The number of hydrogen-bond acceptors (Lipinski definition) is 4. The topological polar surface area (TPSA) is 44.5 Å². The fourth-order valence-corrected chi connectivity index (χ4v) is 4.45. The minimum absolute atomic E-state index is 0.132. The molecule has 6 heteroatoms. The zero-order valence-electron chi connectivity index (χ0n) is 18.0. The van der Waals surface area contributed by atoms with Crippen LogP contribution < -0.4 is 15.1 Å². The predicted molar refractivity (Wildman–Crippen MR) is 133 cm³/mol. The molecule has 0 aliphatic carbocycles. The summed E-state index contributed by atoms with van der Waals surface area (Å²) in [6, 6.07) is 28.2. The van der Waals surface area contributed by atoms with Gasteiger partial charge in [0.05, 0.1) is 11.7 Å². The van der Waals surface area contributed by atoms with Gasteiger partial charge in [0.1, 0.15) is 17.6 Å². The van der Waals surface area contributed by atoms with Gasteiger partial charge < -0.3 is 19.5 Å². The van der Waals surface area contributed by atoms with Crippen molar-refractivity contribution < 1.29 is 4.42 Å². The van der Waals surface area contributed by atoms with Crippen molar-refractivity contribution in [1.29, 1.82) is 0 Å². The highest BCUT2D eigenvalue weighted by Gasteiger charge is 2.42. The molecule has 1 aliphatic rings. The summed E-state index contributed by atoms with van der Waals surface area (Å²) in [6.07, 6.45) is 1.81. The molecule has 5 rings (SSSR count). The molecular formula is C26H24N4OS. The largest absolute Gasteiger partial charge is 0.459 e. The van der Waals surface area contributed by atoms with Crippen LogP contribution in [0.5, 0.6) is 0 Å². The molecule has 0 spiro atoms. The van der Waals surface area contributed by atoms with Crippen LogP contribution in [-0.2, 0) is 0 Å². The second kappa shape index (κ2) is 8.48.